The summed E-state index contributed by atoms with van der Waals surface area (Å²) in [6, 6.07) is 5.82. The van der Waals surface area contributed by atoms with E-state index in [2.05, 4.69) is 25.3 Å². The standard InChI is InChI=1S/C17H17FN6O2/c1-10(2)24-8-12(15(25)23-17(24)26)7-19-16-21-9-20-14(22-16)11-4-3-5-13(18)6-11/h3-6,8-10H,7H2,1-2H3,(H,23,25,26)(H,19,20,21,22). The van der Waals surface area contributed by atoms with Crippen molar-refractivity contribution in [3.8, 4) is 11.4 Å². The first-order valence-electron chi connectivity index (χ1n) is 7.97. The summed E-state index contributed by atoms with van der Waals surface area (Å²) in [5.74, 6) is 0.156. The highest BCUT2D eigenvalue weighted by Crippen LogP contribution is 2.16. The third-order valence-corrected chi connectivity index (χ3v) is 3.69. The smallest absolute Gasteiger partial charge is 0.328 e. The van der Waals surface area contributed by atoms with Crippen LogP contribution in [0.3, 0.4) is 0 Å². The largest absolute Gasteiger partial charge is 0.350 e. The molecule has 0 saturated carbocycles. The summed E-state index contributed by atoms with van der Waals surface area (Å²) < 4.78 is 14.8. The van der Waals surface area contributed by atoms with Gasteiger partial charge in [0.05, 0.1) is 5.56 Å². The van der Waals surface area contributed by atoms with Crippen LogP contribution in [0.1, 0.15) is 25.5 Å². The van der Waals surface area contributed by atoms with Crippen molar-refractivity contribution in [2.45, 2.75) is 26.4 Å². The van der Waals surface area contributed by atoms with Gasteiger partial charge >= 0.3 is 5.69 Å². The lowest BCUT2D eigenvalue weighted by Gasteiger charge is -2.11. The van der Waals surface area contributed by atoms with Crippen LogP contribution in [0.2, 0.25) is 0 Å². The van der Waals surface area contributed by atoms with Crippen LogP contribution in [0, 0.1) is 5.82 Å². The Kier molecular flexibility index (Phi) is 4.87. The maximum atomic E-state index is 13.3. The second-order valence-electron chi connectivity index (χ2n) is 5.91. The molecule has 0 aliphatic heterocycles. The molecule has 0 bridgehead atoms. The molecular weight excluding hydrogens is 339 g/mol. The van der Waals surface area contributed by atoms with Gasteiger partial charge in [0.1, 0.15) is 12.1 Å². The molecule has 1 aromatic carbocycles. The molecule has 2 aromatic heterocycles. The number of halogens is 1. The van der Waals surface area contributed by atoms with Crippen molar-refractivity contribution in [3.63, 3.8) is 0 Å². The fraction of sp³-hybridized carbons (Fsp3) is 0.235. The van der Waals surface area contributed by atoms with Gasteiger partial charge in [0.15, 0.2) is 5.82 Å². The summed E-state index contributed by atoms with van der Waals surface area (Å²) >= 11 is 0. The van der Waals surface area contributed by atoms with Gasteiger partial charge in [-0.3, -0.25) is 14.3 Å². The summed E-state index contributed by atoms with van der Waals surface area (Å²) in [4.78, 5) is 38.3. The van der Waals surface area contributed by atoms with Crippen LogP contribution in [0.4, 0.5) is 10.3 Å². The lowest BCUT2D eigenvalue weighted by atomic mass is 10.2. The summed E-state index contributed by atoms with van der Waals surface area (Å²) in [6.45, 7) is 3.80. The number of nitrogens with zero attached hydrogens (tertiary/aromatic N) is 4. The average molecular weight is 356 g/mol. The Hall–Kier alpha value is -3.36. The van der Waals surface area contributed by atoms with E-state index in [9.17, 15) is 14.0 Å². The highest BCUT2D eigenvalue weighted by molar-refractivity contribution is 5.55. The van der Waals surface area contributed by atoms with Crippen LogP contribution in [-0.4, -0.2) is 24.5 Å². The quantitative estimate of drug-likeness (QED) is 0.721. The third kappa shape index (κ3) is 3.82. The van der Waals surface area contributed by atoms with E-state index in [-0.39, 0.29) is 24.4 Å². The number of benzene rings is 1. The summed E-state index contributed by atoms with van der Waals surface area (Å²) in [7, 11) is 0. The lowest BCUT2D eigenvalue weighted by molar-refractivity contribution is 0.556. The van der Waals surface area contributed by atoms with Gasteiger partial charge in [-0.1, -0.05) is 12.1 Å². The van der Waals surface area contributed by atoms with E-state index in [0.717, 1.165) is 0 Å². The molecule has 3 aromatic rings. The van der Waals surface area contributed by atoms with E-state index < -0.39 is 11.2 Å². The van der Waals surface area contributed by atoms with Gasteiger partial charge in [-0.25, -0.2) is 19.2 Å². The number of anilines is 1. The first kappa shape index (κ1) is 17.5. The van der Waals surface area contributed by atoms with Crippen LogP contribution < -0.4 is 16.6 Å². The topological polar surface area (TPSA) is 106 Å². The highest BCUT2D eigenvalue weighted by Gasteiger charge is 2.09. The first-order valence-corrected chi connectivity index (χ1v) is 7.97. The molecule has 0 aliphatic carbocycles. The minimum absolute atomic E-state index is 0.0881. The highest BCUT2D eigenvalue weighted by atomic mass is 19.1. The molecule has 9 heteroatoms. The van der Waals surface area contributed by atoms with E-state index in [1.165, 1.54) is 29.2 Å². The molecule has 0 amide bonds. The van der Waals surface area contributed by atoms with E-state index in [4.69, 9.17) is 0 Å². The van der Waals surface area contributed by atoms with E-state index >= 15 is 0 Å². The van der Waals surface area contributed by atoms with Crippen molar-refractivity contribution in [1.29, 1.82) is 0 Å². The Morgan fingerprint density at radius 3 is 2.81 bits per heavy atom. The van der Waals surface area contributed by atoms with Gasteiger partial charge < -0.3 is 5.32 Å². The molecule has 134 valence electrons. The molecule has 0 unspecified atom stereocenters. The normalized spacial score (nSPS) is 10.9. The lowest BCUT2D eigenvalue weighted by Crippen LogP contribution is -2.33. The van der Waals surface area contributed by atoms with Crippen molar-refractivity contribution in [2.75, 3.05) is 5.32 Å². The fourth-order valence-corrected chi connectivity index (χ4v) is 2.36. The maximum absolute atomic E-state index is 13.3. The zero-order valence-electron chi connectivity index (χ0n) is 14.2. The summed E-state index contributed by atoms with van der Waals surface area (Å²) in [6.07, 6.45) is 2.81. The number of aromatic amines is 1. The fourth-order valence-electron chi connectivity index (χ4n) is 2.36. The average Bonchev–Trinajstić information content (AvgIpc) is 2.61. The molecule has 2 heterocycles. The monoisotopic (exact) mass is 356 g/mol. The van der Waals surface area contributed by atoms with Gasteiger partial charge in [0.25, 0.3) is 5.56 Å². The SMILES string of the molecule is CC(C)n1cc(CNc2ncnc(-c3cccc(F)c3)n2)c(=O)[nH]c1=O. The Labute approximate surface area is 147 Å². The predicted molar refractivity (Wildman–Crippen MR) is 94.3 cm³/mol. The zero-order valence-corrected chi connectivity index (χ0v) is 14.2. The number of aromatic nitrogens is 5. The molecule has 26 heavy (non-hydrogen) atoms. The van der Waals surface area contributed by atoms with E-state index in [1.807, 2.05) is 13.8 Å². The molecule has 3 rings (SSSR count). The number of nitrogens with one attached hydrogen (secondary N) is 2. The van der Waals surface area contributed by atoms with Gasteiger partial charge in [-0.2, -0.15) is 4.98 Å². The van der Waals surface area contributed by atoms with Crippen molar-refractivity contribution in [1.82, 2.24) is 24.5 Å². The van der Waals surface area contributed by atoms with Crippen LogP contribution in [0.25, 0.3) is 11.4 Å². The van der Waals surface area contributed by atoms with Gasteiger partial charge in [0.2, 0.25) is 5.95 Å². The van der Waals surface area contributed by atoms with Crippen molar-refractivity contribution in [2.24, 2.45) is 0 Å². The molecule has 0 fully saturated rings. The van der Waals surface area contributed by atoms with Crippen molar-refractivity contribution >= 4 is 5.95 Å². The molecule has 0 saturated heterocycles. The number of rotatable bonds is 5. The minimum atomic E-state index is -0.473. The molecule has 8 nitrogen and oxygen atoms in total. The van der Waals surface area contributed by atoms with Gasteiger partial charge in [0, 0.05) is 24.3 Å². The molecule has 0 atom stereocenters. The molecular formula is C17H17FN6O2. The first-order chi connectivity index (χ1) is 12.4. The Morgan fingerprint density at radius 2 is 2.08 bits per heavy atom. The van der Waals surface area contributed by atoms with Gasteiger partial charge in [-0.05, 0) is 26.0 Å². The summed E-state index contributed by atoms with van der Waals surface area (Å²) in [5.41, 5.74) is -0.0474. The van der Waals surface area contributed by atoms with Crippen LogP contribution in [0.5, 0.6) is 0 Å². The van der Waals surface area contributed by atoms with Crippen LogP contribution in [-0.2, 0) is 6.54 Å². The molecule has 0 radical (unpaired) electrons. The van der Waals surface area contributed by atoms with Crippen molar-refractivity contribution < 1.29 is 4.39 Å². The molecule has 2 N–H and O–H groups in total. The summed E-state index contributed by atoms with van der Waals surface area (Å²) in [5, 5.41) is 2.92. The minimum Gasteiger partial charge on any atom is -0.350 e. The van der Waals surface area contributed by atoms with Crippen LogP contribution in [0.15, 0.2) is 46.4 Å². The Morgan fingerprint density at radius 1 is 1.27 bits per heavy atom. The second-order valence-corrected chi connectivity index (χ2v) is 5.91. The third-order valence-electron chi connectivity index (χ3n) is 3.69. The van der Waals surface area contributed by atoms with E-state index in [1.54, 1.807) is 12.1 Å². The number of hydrogen-bond acceptors (Lipinski definition) is 6. The Balaban J connectivity index is 1.83. The van der Waals surface area contributed by atoms with E-state index in [0.29, 0.717) is 17.0 Å². The predicted octanol–water partition coefficient (Wildman–Crippen LogP) is 1.72. The van der Waals surface area contributed by atoms with Gasteiger partial charge in [-0.15, -0.1) is 0 Å². The Bertz CT molecular complexity index is 1040. The molecule has 0 aliphatic rings. The van der Waals surface area contributed by atoms with Crippen molar-refractivity contribution in [3.05, 3.63) is 69.0 Å². The second kappa shape index (κ2) is 7.26. The number of H-pyrrole nitrogens is 1. The molecule has 0 spiro atoms. The number of hydrogen-bond donors (Lipinski definition) is 2. The maximum Gasteiger partial charge on any atom is 0.328 e. The van der Waals surface area contributed by atoms with Crippen LogP contribution >= 0.6 is 0 Å². The zero-order chi connectivity index (χ0) is 18.7.